The van der Waals surface area contributed by atoms with Crippen LogP contribution in [0.2, 0.25) is 0 Å². The Morgan fingerprint density at radius 3 is 2.87 bits per heavy atom. The summed E-state index contributed by atoms with van der Waals surface area (Å²) in [5, 5.41) is 3.36. The van der Waals surface area contributed by atoms with E-state index in [1.807, 2.05) is 0 Å². The van der Waals surface area contributed by atoms with Gasteiger partial charge in [0.1, 0.15) is 22.4 Å². The molecule has 0 unspecified atom stereocenters. The Balaban J connectivity index is 1.69. The molecule has 0 aliphatic rings. The van der Waals surface area contributed by atoms with Crippen molar-refractivity contribution < 1.29 is 13.6 Å². The van der Waals surface area contributed by atoms with Gasteiger partial charge in [-0.25, -0.2) is 4.39 Å². The highest BCUT2D eigenvalue weighted by molar-refractivity contribution is 7.00. The predicted octanol–water partition coefficient (Wildman–Crippen LogP) is 4.14. The number of hydrogen-bond acceptors (Lipinski definition) is 5. The van der Waals surface area contributed by atoms with E-state index < -0.39 is 0 Å². The first-order valence-electron chi connectivity index (χ1n) is 6.84. The molecule has 5 nitrogen and oxygen atoms in total. The van der Waals surface area contributed by atoms with Crippen molar-refractivity contribution in [2.45, 2.75) is 6.92 Å². The fourth-order valence-electron chi connectivity index (χ4n) is 2.46. The lowest BCUT2D eigenvalue weighted by atomic mass is 10.1. The van der Waals surface area contributed by atoms with E-state index in [4.69, 9.17) is 4.42 Å². The number of furan rings is 1. The lowest BCUT2D eigenvalue weighted by Crippen LogP contribution is -2.12. The minimum atomic E-state index is -0.387. The van der Waals surface area contributed by atoms with Gasteiger partial charge in [-0.2, -0.15) is 8.75 Å². The molecule has 0 bridgehead atoms. The number of rotatable bonds is 2. The third-order valence-corrected chi connectivity index (χ3v) is 4.17. The molecule has 2 heterocycles. The molecule has 0 atom stereocenters. The van der Waals surface area contributed by atoms with E-state index in [0.29, 0.717) is 22.2 Å². The number of aromatic nitrogens is 2. The van der Waals surface area contributed by atoms with Crippen molar-refractivity contribution in [3.63, 3.8) is 0 Å². The second kappa shape index (κ2) is 5.13. The average Bonchev–Trinajstić information content (AvgIpc) is 3.12. The maximum Gasteiger partial charge on any atom is 0.291 e. The fraction of sp³-hybridized carbons (Fsp3) is 0.0625. The van der Waals surface area contributed by atoms with E-state index in [-0.39, 0.29) is 17.5 Å². The molecule has 23 heavy (non-hydrogen) atoms. The monoisotopic (exact) mass is 327 g/mol. The van der Waals surface area contributed by atoms with Gasteiger partial charge in [-0.15, -0.1) is 0 Å². The van der Waals surface area contributed by atoms with E-state index in [2.05, 4.69) is 14.1 Å². The molecule has 0 aliphatic heterocycles. The lowest BCUT2D eigenvalue weighted by Gasteiger charge is -2.03. The minimum Gasteiger partial charge on any atom is -0.451 e. The molecular formula is C16H10FN3O2S. The number of anilines is 1. The van der Waals surface area contributed by atoms with Crippen molar-refractivity contribution in [1.82, 2.24) is 8.75 Å². The van der Waals surface area contributed by atoms with Crippen LogP contribution in [0, 0.1) is 12.7 Å². The summed E-state index contributed by atoms with van der Waals surface area (Å²) < 4.78 is 27.1. The van der Waals surface area contributed by atoms with Gasteiger partial charge in [0.05, 0.1) is 11.7 Å². The van der Waals surface area contributed by atoms with Crippen molar-refractivity contribution in [2.75, 3.05) is 5.32 Å². The van der Waals surface area contributed by atoms with Gasteiger partial charge >= 0.3 is 0 Å². The maximum absolute atomic E-state index is 13.3. The summed E-state index contributed by atoms with van der Waals surface area (Å²) in [6.07, 6.45) is 0. The largest absolute Gasteiger partial charge is 0.451 e. The SMILES string of the molecule is Cc1c(C(=O)Nc2ccc3nsnc3c2)oc2ccc(F)cc12. The van der Waals surface area contributed by atoms with E-state index in [1.54, 1.807) is 25.1 Å². The highest BCUT2D eigenvalue weighted by Crippen LogP contribution is 2.27. The van der Waals surface area contributed by atoms with Crippen molar-refractivity contribution in [3.8, 4) is 0 Å². The van der Waals surface area contributed by atoms with Gasteiger partial charge in [0.2, 0.25) is 0 Å². The second-order valence-electron chi connectivity index (χ2n) is 5.12. The maximum atomic E-state index is 13.3. The first-order chi connectivity index (χ1) is 11.1. The molecule has 0 saturated carbocycles. The van der Waals surface area contributed by atoms with Crippen molar-refractivity contribution >= 4 is 45.3 Å². The number of carbonyl (C=O) groups excluding carboxylic acids is 1. The normalized spacial score (nSPS) is 11.2. The quantitative estimate of drug-likeness (QED) is 0.601. The van der Waals surface area contributed by atoms with Crippen LogP contribution < -0.4 is 5.32 Å². The Kier molecular flexibility index (Phi) is 3.09. The van der Waals surface area contributed by atoms with Gasteiger partial charge in [0.15, 0.2) is 5.76 Å². The van der Waals surface area contributed by atoms with E-state index >= 15 is 0 Å². The number of carbonyl (C=O) groups is 1. The number of nitrogens with one attached hydrogen (secondary N) is 1. The first kappa shape index (κ1) is 13.8. The molecule has 1 N–H and O–H groups in total. The van der Waals surface area contributed by atoms with Crippen LogP contribution in [-0.4, -0.2) is 14.7 Å². The number of fused-ring (bicyclic) bond motifs is 2. The van der Waals surface area contributed by atoms with E-state index in [0.717, 1.165) is 22.8 Å². The Hall–Kier alpha value is -2.80. The smallest absolute Gasteiger partial charge is 0.291 e. The number of hydrogen-bond donors (Lipinski definition) is 1. The summed E-state index contributed by atoms with van der Waals surface area (Å²) in [6, 6.07) is 9.46. The Morgan fingerprint density at radius 2 is 2.00 bits per heavy atom. The van der Waals surface area contributed by atoms with Gasteiger partial charge in [0.25, 0.3) is 5.91 Å². The standard InChI is InChI=1S/C16H10FN3O2S/c1-8-11-6-9(17)2-5-14(11)22-15(8)16(21)18-10-3-4-12-13(7-10)20-23-19-12/h2-7H,1H3,(H,18,21). The molecule has 0 aliphatic carbocycles. The summed E-state index contributed by atoms with van der Waals surface area (Å²) >= 11 is 1.12. The van der Waals surface area contributed by atoms with Crippen LogP contribution in [-0.2, 0) is 0 Å². The number of aryl methyl sites for hydroxylation is 1. The zero-order valence-corrected chi connectivity index (χ0v) is 12.8. The molecular weight excluding hydrogens is 317 g/mol. The fourth-order valence-corrected chi connectivity index (χ4v) is 2.97. The summed E-state index contributed by atoms with van der Waals surface area (Å²) in [4.78, 5) is 12.4. The summed E-state index contributed by atoms with van der Waals surface area (Å²) in [5.41, 5.74) is 3.18. The molecule has 0 saturated heterocycles. The molecule has 4 aromatic rings. The van der Waals surface area contributed by atoms with Gasteiger partial charge < -0.3 is 9.73 Å². The topological polar surface area (TPSA) is 68.0 Å². The average molecular weight is 327 g/mol. The molecule has 7 heteroatoms. The van der Waals surface area contributed by atoms with Crippen LogP contribution in [0.25, 0.3) is 22.0 Å². The lowest BCUT2D eigenvalue weighted by molar-refractivity contribution is 0.0998. The highest BCUT2D eigenvalue weighted by atomic mass is 32.1. The van der Waals surface area contributed by atoms with Gasteiger partial charge in [0, 0.05) is 16.6 Å². The number of benzene rings is 2. The van der Waals surface area contributed by atoms with Crippen molar-refractivity contribution in [1.29, 1.82) is 0 Å². The van der Waals surface area contributed by atoms with Crippen molar-refractivity contribution in [3.05, 3.63) is 53.5 Å². The Bertz CT molecular complexity index is 1050. The van der Waals surface area contributed by atoms with Gasteiger partial charge in [-0.3, -0.25) is 4.79 Å². The third-order valence-electron chi connectivity index (χ3n) is 3.62. The minimum absolute atomic E-state index is 0.169. The third kappa shape index (κ3) is 2.35. The molecule has 114 valence electrons. The molecule has 2 aromatic heterocycles. The highest BCUT2D eigenvalue weighted by Gasteiger charge is 2.18. The van der Waals surface area contributed by atoms with Crippen molar-refractivity contribution in [2.24, 2.45) is 0 Å². The molecule has 1 amide bonds. The second-order valence-corrected chi connectivity index (χ2v) is 5.65. The Morgan fingerprint density at radius 1 is 1.17 bits per heavy atom. The molecule has 0 spiro atoms. The van der Waals surface area contributed by atoms with Gasteiger partial charge in [-0.05, 0) is 43.3 Å². The number of nitrogens with zero attached hydrogens (tertiary/aromatic N) is 2. The van der Waals surface area contributed by atoms with Crippen LogP contribution in [0.4, 0.5) is 10.1 Å². The summed E-state index contributed by atoms with van der Waals surface area (Å²) in [7, 11) is 0. The first-order valence-corrected chi connectivity index (χ1v) is 7.57. The molecule has 0 radical (unpaired) electrons. The zero-order valence-electron chi connectivity index (χ0n) is 12.0. The van der Waals surface area contributed by atoms with Gasteiger partial charge in [-0.1, -0.05) is 0 Å². The summed E-state index contributed by atoms with van der Waals surface area (Å²) in [6.45, 7) is 1.73. The summed E-state index contributed by atoms with van der Waals surface area (Å²) in [5.74, 6) is -0.585. The number of amides is 1. The zero-order chi connectivity index (χ0) is 16.0. The molecule has 4 rings (SSSR count). The van der Waals surface area contributed by atoms with Crippen LogP contribution >= 0.6 is 11.7 Å². The van der Waals surface area contributed by atoms with Crippen LogP contribution in [0.15, 0.2) is 40.8 Å². The van der Waals surface area contributed by atoms with E-state index in [9.17, 15) is 9.18 Å². The predicted molar refractivity (Wildman–Crippen MR) is 86.3 cm³/mol. The molecule has 2 aromatic carbocycles. The van der Waals surface area contributed by atoms with Crippen LogP contribution in [0.1, 0.15) is 16.1 Å². The van der Waals surface area contributed by atoms with E-state index in [1.165, 1.54) is 18.2 Å². The van der Waals surface area contributed by atoms with Crippen LogP contribution in [0.3, 0.4) is 0 Å². The Labute approximate surface area is 134 Å². The molecule has 0 fully saturated rings. The number of halogens is 1. The van der Waals surface area contributed by atoms with Crippen LogP contribution in [0.5, 0.6) is 0 Å².